The summed E-state index contributed by atoms with van der Waals surface area (Å²) >= 11 is 0. The molecule has 6 nitrogen and oxygen atoms in total. The van der Waals surface area contributed by atoms with Gasteiger partial charge in [-0.1, -0.05) is 18.2 Å². The molecule has 1 heterocycles. The van der Waals surface area contributed by atoms with Gasteiger partial charge in [-0.15, -0.1) is 0 Å². The van der Waals surface area contributed by atoms with Crippen molar-refractivity contribution in [1.29, 1.82) is 10.7 Å². The van der Waals surface area contributed by atoms with Gasteiger partial charge in [0, 0.05) is 35.8 Å². The molecule has 1 saturated carbocycles. The van der Waals surface area contributed by atoms with Crippen LogP contribution in [0.15, 0.2) is 47.9 Å². The summed E-state index contributed by atoms with van der Waals surface area (Å²) in [5, 5.41) is 17.7. The van der Waals surface area contributed by atoms with Crippen molar-refractivity contribution in [3.63, 3.8) is 0 Å². The molecule has 1 amide bonds. The lowest BCUT2D eigenvalue weighted by molar-refractivity contribution is 0.0601. The van der Waals surface area contributed by atoms with E-state index in [9.17, 15) is 4.79 Å². The molecule has 3 N–H and O–H groups in total. The van der Waals surface area contributed by atoms with Crippen LogP contribution in [0.4, 0.5) is 0 Å². The minimum absolute atomic E-state index is 0.0282. The monoisotopic (exact) mass is 428 g/mol. The molecule has 0 radical (unpaired) electrons. The topological polar surface area (TPSA) is 103 Å². The Labute approximate surface area is 188 Å². The van der Waals surface area contributed by atoms with Gasteiger partial charge >= 0.3 is 0 Å². The van der Waals surface area contributed by atoms with E-state index in [-0.39, 0.29) is 23.6 Å². The smallest absolute Gasteiger partial charge is 0.254 e. The highest BCUT2D eigenvalue weighted by atomic mass is 16.5. The van der Waals surface area contributed by atoms with Crippen molar-refractivity contribution in [2.24, 2.45) is 5.73 Å². The van der Waals surface area contributed by atoms with Crippen LogP contribution in [0.1, 0.15) is 63.9 Å². The third-order valence-electron chi connectivity index (χ3n) is 6.15. The van der Waals surface area contributed by atoms with Crippen molar-refractivity contribution < 1.29 is 9.53 Å². The average molecular weight is 429 g/mol. The number of nitrogens with two attached hydrogens (primary N) is 1. The number of hydrogen-bond acceptors (Lipinski definition) is 5. The average Bonchev–Trinajstić information content (AvgIpc) is 3.55. The van der Waals surface area contributed by atoms with Crippen LogP contribution < -0.4 is 5.73 Å². The SMILES string of the molecule is C/C(N)=C(\OC1CC1)C(=N)c1cc(C(=O)N2CC(c3ccc(C#N)cc3)C2)c(C)cc1C. The molecule has 2 fully saturated rings. The maximum absolute atomic E-state index is 13.2. The van der Waals surface area contributed by atoms with Gasteiger partial charge in [-0.2, -0.15) is 5.26 Å². The minimum atomic E-state index is -0.0282. The minimum Gasteiger partial charge on any atom is -0.486 e. The molecule has 0 spiro atoms. The molecule has 2 aliphatic rings. The molecule has 6 heteroatoms. The van der Waals surface area contributed by atoms with E-state index in [1.165, 1.54) is 0 Å². The van der Waals surface area contributed by atoms with Crippen LogP contribution in [0.3, 0.4) is 0 Å². The number of rotatable bonds is 6. The molecule has 0 bridgehead atoms. The van der Waals surface area contributed by atoms with Gasteiger partial charge < -0.3 is 15.4 Å². The quantitative estimate of drug-likeness (QED) is 0.533. The third-order valence-corrected chi connectivity index (χ3v) is 6.15. The van der Waals surface area contributed by atoms with Gasteiger partial charge in [0.25, 0.3) is 5.91 Å². The van der Waals surface area contributed by atoms with Crippen molar-refractivity contribution in [3.05, 3.63) is 81.2 Å². The Morgan fingerprint density at radius 2 is 1.75 bits per heavy atom. The Morgan fingerprint density at radius 3 is 2.31 bits per heavy atom. The molecule has 4 rings (SSSR count). The number of hydrogen-bond donors (Lipinski definition) is 2. The number of nitrogens with zero attached hydrogens (tertiary/aromatic N) is 2. The number of carbonyl (C=O) groups excluding carboxylic acids is 1. The fourth-order valence-electron chi connectivity index (χ4n) is 4.03. The van der Waals surface area contributed by atoms with Crippen LogP contribution in [0, 0.1) is 30.6 Å². The summed E-state index contributed by atoms with van der Waals surface area (Å²) in [7, 11) is 0. The second kappa shape index (κ2) is 8.51. The molecule has 2 aromatic rings. The molecule has 1 aliphatic carbocycles. The Bertz CT molecular complexity index is 1140. The van der Waals surface area contributed by atoms with E-state index >= 15 is 0 Å². The van der Waals surface area contributed by atoms with Gasteiger partial charge in [0.1, 0.15) is 5.71 Å². The van der Waals surface area contributed by atoms with Crippen molar-refractivity contribution in [2.45, 2.75) is 45.6 Å². The zero-order valence-electron chi connectivity index (χ0n) is 18.7. The van der Waals surface area contributed by atoms with Crippen LogP contribution >= 0.6 is 0 Å². The molecule has 32 heavy (non-hydrogen) atoms. The number of nitrogens with one attached hydrogen (secondary N) is 1. The summed E-state index contributed by atoms with van der Waals surface area (Å²) in [5.74, 6) is 0.652. The maximum Gasteiger partial charge on any atom is 0.254 e. The van der Waals surface area contributed by atoms with Crippen molar-refractivity contribution in [2.75, 3.05) is 13.1 Å². The molecule has 164 valence electrons. The third kappa shape index (κ3) is 4.24. The van der Waals surface area contributed by atoms with E-state index in [0.29, 0.717) is 41.2 Å². The molecule has 0 atom stereocenters. The molecule has 1 aliphatic heterocycles. The number of amides is 1. The number of nitriles is 1. The fourth-order valence-corrected chi connectivity index (χ4v) is 4.03. The van der Waals surface area contributed by atoms with Crippen LogP contribution in [0.2, 0.25) is 0 Å². The first kappa shape index (κ1) is 21.6. The van der Waals surface area contributed by atoms with Gasteiger partial charge in [-0.25, -0.2) is 0 Å². The number of aryl methyl sites for hydroxylation is 2. The molecule has 1 saturated heterocycles. The summed E-state index contributed by atoms with van der Waals surface area (Å²) in [6, 6.07) is 13.4. The van der Waals surface area contributed by atoms with E-state index in [4.69, 9.17) is 21.1 Å². The lowest BCUT2D eigenvalue weighted by Crippen LogP contribution is -2.48. The predicted octanol–water partition coefficient (Wildman–Crippen LogP) is 4.15. The first-order valence-corrected chi connectivity index (χ1v) is 10.9. The van der Waals surface area contributed by atoms with E-state index in [1.54, 1.807) is 6.92 Å². The second-order valence-corrected chi connectivity index (χ2v) is 8.83. The lowest BCUT2D eigenvalue weighted by atomic mass is 9.89. The van der Waals surface area contributed by atoms with Gasteiger partial charge in [0.15, 0.2) is 5.76 Å². The highest BCUT2D eigenvalue weighted by molar-refractivity contribution is 6.12. The van der Waals surface area contributed by atoms with Crippen LogP contribution in [0.5, 0.6) is 0 Å². The molecule has 0 aromatic heterocycles. The van der Waals surface area contributed by atoms with Crippen LogP contribution in [0.25, 0.3) is 0 Å². The summed E-state index contributed by atoms with van der Waals surface area (Å²) in [5.41, 5.74) is 11.6. The summed E-state index contributed by atoms with van der Waals surface area (Å²) in [6.07, 6.45) is 2.10. The van der Waals surface area contributed by atoms with Crippen molar-refractivity contribution in [3.8, 4) is 6.07 Å². The summed E-state index contributed by atoms with van der Waals surface area (Å²) in [4.78, 5) is 15.1. The van der Waals surface area contributed by atoms with Crippen molar-refractivity contribution in [1.82, 2.24) is 4.90 Å². The largest absolute Gasteiger partial charge is 0.486 e. The fraction of sp³-hybridized carbons (Fsp3) is 0.346. The van der Waals surface area contributed by atoms with Gasteiger partial charge in [0.05, 0.1) is 17.7 Å². The highest BCUT2D eigenvalue weighted by Crippen LogP contribution is 2.31. The normalized spacial score (nSPS) is 16.6. The Morgan fingerprint density at radius 1 is 1.12 bits per heavy atom. The molecular formula is C26H28N4O2. The summed E-state index contributed by atoms with van der Waals surface area (Å²) in [6.45, 7) is 6.89. The maximum atomic E-state index is 13.2. The van der Waals surface area contributed by atoms with Crippen LogP contribution in [-0.2, 0) is 4.74 Å². The molecular weight excluding hydrogens is 400 g/mol. The van der Waals surface area contributed by atoms with Gasteiger partial charge in [-0.3, -0.25) is 10.2 Å². The van der Waals surface area contributed by atoms with Crippen LogP contribution in [-0.4, -0.2) is 35.7 Å². The number of likely N-dealkylation sites (tertiary alicyclic amines) is 1. The number of allylic oxidation sites excluding steroid dienone is 2. The summed E-state index contributed by atoms with van der Waals surface area (Å²) < 4.78 is 5.90. The highest BCUT2D eigenvalue weighted by Gasteiger charge is 2.33. The van der Waals surface area contributed by atoms with Gasteiger partial charge in [0.2, 0.25) is 0 Å². The predicted molar refractivity (Wildman–Crippen MR) is 124 cm³/mol. The van der Waals surface area contributed by atoms with E-state index < -0.39 is 0 Å². The standard InChI is InChI=1S/C26H28N4O2/c1-15-10-16(2)23(11-22(15)24(29)25(17(3)28)32-21-8-9-21)26(31)30-13-20(14-30)19-6-4-18(12-27)5-7-19/h4-7,10-11,20-21,29H,8-9,13-14,28H2,1-3H3/b25-17+,29-24?. The van der Waals surface area contributed by atoms with E-state index in [1.807, 2.05) is 55.1 Å². The Hall–Kier alpha value is -3.59. The Balaban J connectivity index is 1.52. The number of benzene rings is 2. The van der Waals surface area contributed by atoms with E-state index in [2.05, 4.69) is 6.07 Å². The first-order valence-electron chi connectivity index (χ1n) is 10.9. The lowest BCUT2D eigenvalue weighted by Gasteiger charge is -2.40. The second-order valence-electron chi connectivity index (χ2n) is 8.83. The van der Waals surface area contributed by atoms with E-state index in [0.717, 1.165) is 29.5 Å². The zero-order valence-corrected chi connectivity index (χ0v) is 18.7. The Kier molecular flexibility index (Phi) is 5.75. The number of ether oxygens (including phenoxy) is 1. The zero-order chi connectivity index (χ0) is 23.0. The van der Waals surface area contributed by atoms with Crippen molar-refractivity contribution >= 4 is 11.6 Å². The molecule has 0 unspecified atom stereocenters. The van der Waals surface area contributed by atoms with Gasteiger partial charge in [-0.05, 0) is 68.5 Å². The first-order chi connectivity index (χ1) is 15.3. The number of carbonyl (C=O) groups is 1. The molecule has 2 aromatic carbocycles.